The van der Waals surface area contributed by atoms with Crippen molar-refractivity contribution in [2.45, 2.75) is 38.3 Å². The summed E-state index contributed by atoms with van der Waals surface area (Å²) >= 11 is 0. The molecule has 3 unspecified atom stereocenters. The van der Waals surface area contributed by atoms with Gasteiger partial charge in [0.15, 0.2) is 0 Å². The van der Waals surface area contributed by atoms with Crippen molar-refractivity contribution < 1.29 is 0 Å². The van der Waals surface area contributed by atoms with Crippen LogP contribution in [0, 0.1) is 11.8 Å². The molecule has 3 aliphatic rings. The number of likely N-dealkylation sites (N-methyl/N-ethyl adjacent to an activating group) is 1. The summed E-state index contributed by atoms with van der Waals surface area (Å²) in [5.74, 6) is 1.61. The first-order valence-electron chi connectivity index (χ1n) is 8.51. The van der Waals surface area contributed by atoms with Gasteiger partial charge < -0.3 is 10.6 Å². The van der Waals surface area contributed by atoms with Crippen LogP contribution in [0.25, 0.3) is 0 Å². The van der Waals surface area contributed by atoms with Crippen molar-refractivity contribution in [3.05, 3.63) is 29.3 Å². The van der Waals surface area contributed by atoms with Crippen LogP contribution in [0.5, 0.6) is 0 Å². The first-order valence-corrected chi connectivity index (χ1v) is 8.51. The molecule has 1 aromatic carbocycles. The summed E-state index contributed by atoms with van der Waals surface area (Å²) in [5, 5.41) is 0. The number of rotatable bonds is 2. The summed E-state index contributed by atoms with van der Waals surface area (Å²) in [6, 6.07) is 7.51. The number of likely N-dealkylation sites (tertiary alicyclic amines) is 1. The van der Waals surface area contributed by atoms with E-state index in [0.29, 0.717) is 6.04 Å². The van der Waals surface area contributed by atoms with E-state index in [1.807, 2.05) is 0 Å². The van der Waals surface area contributed by atoms with Gasteiger partial charge in [-0.1, -0.05) is 18.6 Å². The van der Waals surface area contributed by atoms with E-state index < -0.39 is 0 Å². The molecule has 2 fully saturated rings. The van der Waals surface area contributed by atoms with E-state index >= 15 is 0 Å². The zero-order valence-corrected chi connectivity index (χ0v) is 13.1. The van der Waals surface area contributed by atoms with E-state index in [9.17, 15) is 0 Å². The SMILES string of the molecule is CN1CCc2cc(CN3CC4CCCC(N)C4C3)ccc21. The molecule has 2 heterocycles. The predicted octanol–water partition coefficient (Wildman–Crippen LogP) is 2.24. The van der Waals surface area contributed by atoms with Gasteiger partial charge in [0.25, 0.3) is 0 Å². The number of nitrogens with two attached hydrogens (primary N) is 1. The van der Waals surface area contributed by atoms with Crippen molar-refractivity contribution in [1.29, 1.82) is 0 Å². The maximum atomic E-state index is 6.33. The Bertz CT molecular complexity index is 527. The van der Waals surface area contributed by atoms with Gasteiger partial charge in [0.1, 0.15) is 0 Å². The fourth-order valence-corrected chi connectivity index (χ4v) is 4.71. The molecule has 1 aromatic rings. The third kappa shape index (κ3) is 2.47. The first-order chi connectivity index (χ1) is 10.2. The van der Waals surface area contributed by atoms with Crippen LogP contribution in [0.3, 0.4) is 0 Å². The average molecular weight is 285 g/mol. The molecule has 0 amide bonds. The molecule has 3 nitrogen and oxygen atoms in total. The van der Waals surface area contributed by atoms with E-state index in [1.165, 1.54) is 62.1 Å². The van der Waals surface area contributed by atoms with Crippen LogP contribution >= 0.6 is 0 Å². The van der Waals surface area contributed by atoms with E-state index in [2.05, 4.69) is 35.0 Å². The quantitative estimate of drug-likeness (QED) is 0.904. The second-order valence-corrected chi connectivity index (χ2v) is 7.35. The molecule has 2 N–H and O–H groups in total. The number of nitrogens with zero attached hydrogens (tertiary/aromatic N) is 2. The lowest BCUT2D eigenvalue weighted by atomic mass is 9.78. The van der Waals surface area contributed by atoms with Gasteiger partial charge in [-0.3, -0.25) is 4.90 Å². The van der Waals surface area contributed by atoms with Gasteiger partial charge in [-0.2, -0.15) is 0 Å². The highest BCUT2D eigenvalue weighted by molar-refractivity contribution is 5.58. The van der Waals surface area contributed by atoms with Gasteiger partial charge in [0.05, 0.1) is 0 Å². The largest absolute Gasteiger partial charge is 0.374 e. The molecule has 0 bridgehead atoms. The van der Waals surface area contributed by atoms with Crippen LogP contribution < -0.4 is 10.6 Å². The van der Waals surface area contributed by atoms with E-state index in [-0.39, 0.29) is 0 Å². The fourth-order valence-electron chi connectivity index (χ4n) is 4.71. The molecule has 1 saturated heterocycles. The van der Waals surface area contributed by atoms with Crippen molar-refractivity contribution in [3.8, 4) is 0 Å². The summed E-state index contributed by atoms with van der Waals surface area (Å²) in [6.07, 6.45) is 5.17. The monoisotopic (exact) mass is 285 g/mol. The molecule has 3 heteroatoms. The number of anilines is 1. The van der Waals surface area contributed by atoms with Crippen molar-refractivity contribution in [2.24, 2.45) is 17.6 Å². The van der Waals surface area contributed by atoms with Gasteiger partial charge in [-0.25, -0.2) is 0 Å². The lowest BCUT2D eigenvalue weighted by molar-refractivity contribution is 0.259. The minimum absolute atomic E-state index is 0.447. The van der Waals surface area contributed by atoms with Crippen LogP contribution in [0.15, 0.2) is 18.2 Å². The molecule has 0 aromatic heterocycles. The van der Waals surface area contributed by atoms with Crippen molar-refractivity contribution >= 4 is 5.69 Å². The Morgan fingerprint density at radius 3 is 3.00 bits per heavy atom. The summed E-state index contributed by atoms with van der Waals surface area (Å²) in [6.45, 7) is 4.75. The summed E-state index contributed by atoms with van der Waals surface area (Å²) in [4.78, 5) is 5.00. The standard InChI is InChI=1S/C18H27N3/c1-20-8-7-14-9-13(5-6-18(14)20)10-21-11-15-3-2-4-17(19)16(15)12-21/h5-6,9,15-17H,2-4,7-8,10-12,19H2,1H3. The van der Waals surface area contributed by atoms with Gasteiger partial charge >= 0.3 is 0 Å². The van der Waals surface area contributed by atoms with Crippen molar-refractivity contribution in [1.82, 2.24) is 4.90 Å². The van der Waals surface area contributed by atoms with Crippen LogP contribution in [0.2, 0.25) is 0 Å². The lowest BCUT2D eigenvalue weighted by Crippen LogP contribution is -2.38. The zero-order valence-electron chi connectivity index (χ0n) is 13.1. The second-order valence-electron chi connectivity index (χ2n) is 7.35. The maximum Gasteiger partial charge on any atom is 0.0397 e. The number of benzene rings is 1. The molecule has 0 radical (unpaired) electrons. The van der Waals surface area contributed by atoms with Crippen LogP contribution in [0.1, 0.15) is 30.4 Å². The number of fused-ring (bicyclic) bond motifs is 2. The Morgan fingerprint density at radius 2 is 2.14 bits per heavy atom. The van der Waals surface area contributed by atoms with E-state index in [4.69, 9.17) is 5.73 Å². The second kappa shape index (κ2) is 5.29. The fraction of sp³-hybridized carbons (Fsp3) is 0.667. The maximum absolute atomic E-state index is 6.33. The van der Waals surface area contributed by atoms with Crippen LogP contribution in [0.4, 0.5) is 5.69 Å². The third-order valence-corrected chi connectivity index (χ3v) is 5.91. The normalized spacial score (nSPS) is 32.3. The first kappa shape index (κ1) is 13.6. The lowest BCUT2D eigenvalue weighted by Gasteiger charge is -2.29. The summed E-state index contributed by atoms with van der Waals surface area (Å²) in [7, 11) is 2.19. The Kier molecular flexibility index (Phi) is 3.43. The minimum atomic E-state index is 0.447. The highest BCUT2D eigenvalue weighted by Crippen LogP contribution is 2.36. The highest BCUT2D eigenvalue weighted by atomic mass is 15.2. The average Bonchev–Trinajstić information content (AvgIpc) is 3.04. The molecule has 21 heavy (non-hydrogen) atoms. The predicted molar refractivity (Wildman–Crippen MR) is 87.5 cm³/mol. The highest BCUT2D eigenvalue weighted by Gasteiger charge is 2.38. The number of hydrogen-bond donors (Lipinski definition) is 1. The molecular weight excluding hydrogens is 258 g/mol. The van der Waals surface area contributed by atoms with Gasteiger partial charge in [-0.15, -0.1) is 0 Å². The molecular formula is C18H27N3. The van der Waals surface area contributed by atoms with Crippen molar-refractivity contribution in [2.75, 3.05) is 31.6 Å². The molecule has 114 valence electrons. The molecule has 3 atom stereocenters. The zero-order chi connectivity index (χ0) is 14.4. The molecule has 2 aliphatic heterocycles. The summed E-state index contributed by atoms with van der Waals surface area (Å²) < 4.78 is 0. The van der Waals surface area contributed by atoms with E-state index in [0.717, 1.165) is 18.4 Å². The van der Waals surface area contributed by atoms with Gasteiger partial charge in [0.2, 0.25) is 0 Å². The van der Waals surface area contributed by atoms with E-state index in [1.54, 1.807) is 0 Å². The van der Waals surface area contributed by atoms with Crippen LogP contribution in [-0.4, -0.2) is 37.6 Å². The minimum Gasteiger partial charge on any atom is -0.374 e. The topological polar surface area (TPSA) is 32.5 Å². The Hall–Kier alpha value is -1.06. The third-order valence-electron chi connectivity index (χ3n) is 5.91. The smallest absolute Gasteiger partial charge is 0.0397 e. The Morgan fingerprint density at radius 1 is 1.24 bits per heavy atom. The van der Waals surface area contributed by atoms with Gasteiger partial charge in [-0.05, 0) is 48.3 Å². The van der Waals surface area contributed by atoms with Crippen molar-refractivity contribution in [3.63, 3.8) is 0 Å². The molecule has 1 aliphatic carbocycles. The summed E-state index contributed by atoms with van der Waals surface area (Å²) in [5.41, 5.74) is 10.8. The Labute approximate surface area is 128 Å². The number of hydrogen-bond acceptors (Lipinski definition) is 3. The molecule has 4 rings (SSSR count). The molecule has 1 saturated carbocycles. The van der Waals surface area contributed by atoms with Gasteiger partial charge in [0, 0.05) is 45.0 Å². The Balaban J connectivity index is 1.45. The molecule has 0 spiro atoms. The van der Waals surface area contributed by atoms with Crippen LogP contribution in [-0.2, 0) is 13.0 Å².